The van der Waals surface area contributed by atoms with Gasteiger partial charge in [0.15, 0.2) is 0 Å². The van der Waals surface area contributed by atoms with Crippen LogP contribution in [0.5, 0.6) is 0 Å². The highest BCUT2D eigenvalue weighted by Crippen LogP contribution is 2.14. The van der Waals surface area contributed by atoms with Crippen molar-refractivity contribution in [2.75, 3.05) is 5.43 Å². The van der Waals surface area contributed by atoms with Gasteiger partial charge < -0.3 is 10.7 Å². The van der Waals surface area contributed by atoms with Crippen molar-refractivity contribution in [3.8, 4) is 6.07 Å². The number of carbonyl (C=O) groups excluding carboxylic acids is 1. The first-order valence-electron chi connectivity index (χ1n) is 6.48. The van der Waals surface area contributed by atoms with Crippen molar-refractivity contribution in [3.05, 3.63) is 64.7 Å². The van der Waals surface area contributed by atoms with E-state index in [9.17, 15) is 4.79 Å². The van der Waals surface area contributed by atoms with E-state index in [4.69, 9.17) is 11.1 Å². The number of nitrogens with two attached hydrogens (primary N) is 1. The van der Waals surface area contributed by atoms with Gasteiger partial charge in [0.2, 0.25) is 0 Å². The zero-order chi connectivity index (χ0) is 15.2. The molecule has 106 valence electrons. The van der Waals surface area contributed by atoms with Crippen LogP contribution in [0.3, 0.4) is 0 Å². The van der Waals surface area contributed by atoms with E-state index >= 15 is 0 Å². The van der Waals surface area contributed by atoms with Crippen LogP contribution in [0.15, 0.2) is 42.5 Å². The fourth-order valence-electron chi connectivity index (χ4n) is 1.98. The first-order chi connectivity index (χ1) is 10.1. The Hall–Kier alpha value is -2.84. The van der Waals surface area contributed by atoms with Crippen molar-refractivity contribution in [1.82, 2.24) is 5.32 Å². The molecule has 0 aliphatic heterocycles. The van der Waals surface area contributed by atoms with Crippen molar-refractivity contribution in [3.63, 3.8) is 0 Å². The van der Waals surface area contributed by atoms with Gasteiger partial charge in [-0.2, -0.15) is 5.26 Å². The second-order valence-corrected chi connectivity index (χ2v) is 4.67. The summed E-state index contributed by atoms with van der Waals surface area (Å²) in [7, 11) is 0. The fraction of sp³-hybridized carbons (Fsp3) is 0.125. The number of benzene rings is 2. The first kappa shape index (κ1) is 14.6. The predicted molar refractivity (Wildman–Crippen MR) is 81.3 cm³/mol. The standard InChI is InChI=1S/C16H16N4O/c1-11-8-14(20-18)6-7-15(11)16(21)19-10-13-4-2-12(9-17)3-5-13/h2-8,20H,10,18H2,1H3,(H,19,21). The van der Waals surface area contributed by atoms with Gasteiger partial charge in [0.25, 0.3) is 5.91 Å². The van der Waals surface area contributed by atoms with E-state index in [1.807, 2.05) is 25.1 Å². The van der Waals surface area contributed by atoms with Crippen molar-refractivity contribution >= 4 is 11.6 Å². The Kier molecular flexibility index (Phi) is 4.54. The Balaban J connectivity index is 2.02. The molecular weight excluding hydrogens is 264 g/mol. The number of nitriles is 1. The van der Waals surface area contributed by atoms with E-state index in [0.29, 0.717) is 17.7 Å². The van der Waals surface area contributed by atoms with E-state index in [0.717, 1.165) is 16.8 Å². The minimum atomic E-state index is -0.138. The van der Waals surface area contributed by atoms with Gasteiger partial charge in [-0.1, -0.05) is 12.1 Å². The van der Waals surface area contributed by atoms with Gasteiger partial charge in [-0.15, -0.1) is 0 Å². The maximum absolute atomic E-state index is 12.1. The monoisotopic (exact) mass is 280 g/mol. The normalized spacial score (nSPS) is 9.76. The van der Waals surface area contributed by atoms with E-state index < -0.39 is 0 Å². The van der Waals surface area contributed by atoms with Gasteiger partial charge >= 0.3 is 0 Å². The molecule has 5 nitrogen and oxygen atoms in total. The van der Waals surface area contributed by atoms with Crippen LogP contribution in [0.25, 0.3) is 0 Å². The number of aryl methyl sites for hydroxylation is 1. The third-order valence-corrected chi connectivity index (χ3v) is 3.17. The molecule has 2 rings (SSSR count). The number of nitrogens with zero attached hydrogens (tertiary/aromatic N) is 1. The molecule has 0 radical (unpaired) electrons. The SMILES string of the molecule is Cc1cc(NN)ccc1C(=O)NCc1ccc(C#N)cc1. The number of nitrogen functional groups attached to an aromatic ring is 1. The summed E-state index contributed by atoms with van der Waals surface area (Å²) in [5.74, 6) is 5.19. The molecule has 5 heteroatoms. The van der Waals surface area contributed by atoms with Crippen LogP contribution < -0.4 is 16.6 Å². The van der Waals surface area contributed by atoms with Gasteiger partial charge in [0.1, 0.15) is 0 Å². The van der Waals surface area contributed by atoms with Gasteiger partial charge in [-0.25, -0.2) is 0 Å². The van der Waals surface area contributed by atoms with E-state index in [2.05, 4.69) is 16.8 Å². The van der Waals surface area contributed by atoms with E-state index in [-0.39, 0.29) is 5.91 Å². The molecule has 0 unspecified atom stereocenters. The Bertz CT molecular complexity index is 686. The summed E-state index contributed by atoms with van der Waals surface area (Å²) in [4.78, 5) is 12.1. The number of hydrazine groups is 1. The fourth-order valence-corrected chi connectivity index (χ4v) is 1.98. The topological polar surface area (TPSA) is 90.9 Å². The Labute approximate surface area is 123 Å². The van der Waals surface area contributed by atoms with Crippen LogP contribution in [0.1, 0.15) is 27.0 Å². The minimum Gasteiger partial charge on any atom is -0.348 e. The number of hydrogen-bond donors (Lipinski definition) is 3. The molecule has 0 saturated carbocycles. The molecule has 0 aliphatic rings. The second-order valence-electron chi connectivity index (χ2n) is 4.67. The van der Waals surface area contributed by atoms with Crippen LogP contribution in [-0.4, -0.2) is 5.91 Å². The van der Waals surface area contributed by atoms with Gasteiger partial charge in [0.05, 0.1) is 11.6 Å². The van der Waals surface area contributed by atoms with Crippen molar-refractivity contribution < 1.29 is 4.79 Å². The molecule has 2 aromatic rings. The molecular formula is C16H16N4O. The maximum atomic E-state index is 12.1. The van der Waals surface area contributed by atoms with E-state index in [1.165, 1.54) is 0 Å². The van der Waals surface area contributed by atoms with E-state index in [1.54, 1.807) is 24.3 Å². The molecule has 0 spiro atoms. The molecule has 0 atom stereocenters. The van der Waals surface area contributed by atoms with Crippen molar-refractivity contribution in [2.24, 2.45) is 5.84 Å². The van der Waals surface area contributed by atoms with Crippen LogP contribution >= 0.6 is 0 Å². The predicted octanol–water partition coefficient (Wildman–Crippen LogP) is 2.08. The lowest BCUT2D eigenvalue weighted by Gasteiger charge is -2.09. The summed E-state index contributed by atoms with van der Waals surface area (Å²) in [5.41, 5.74) is 6.32. The molecule has 0 fully saturated rings. The molecule has 0 aromatic heterocycles. The first-order valence-corrected chi connectivity index (χ1v) is 6.48. The Morgan fingerprint density at radius 2 is 1.95 bits per heavy atom. The summed E-state index contributed by atoms with van der Waals surface area (Å²) in [5, 5.41) is 11.6. The molecule has 4 N–H and O–H groups in total. The molecule has 21 heavy (non-hydrogen) atoms. The highest BCUT2D eigenvalue weighted by atomic mass is 16.1. The number of anilines is 1. The summed E-state index contributed by atoms with van der Waals surface area (Å²) in [6, 6.07) is 14.5. The third-order valence-electron chi connectivity index (χ3n) is 3.17. The van der Waals surface area contributed by atoms with Crippen molar-refractivity contribution in [2.45, 2.75) is 13.5 Å². The lowest BCUT2D eigenvalue weighted by Crippen LogP contribution is -2.23. The van der Waals surface area contributed by atoms with Gasteiger partial charge in [-0.3, -0.25) is 10.6 Å². The number of carbonyl (C=O) groups is 1. The molecule has 0 heterocycles. The lowest BCUT2D eigenvalue weighted by atomic mass is 10.1. The Morgan fingerprint density at radius 1 is 1.24 bits per heavy atom. The zero-order valence-electron chi connectivity index (χ0n) is 11.7. The second kappa shape index (κ2) is 6.55. The largest absolute Gasteiger partial charge is 0.348 e. The highest BCUT2D eigenvalue weighted by molar-refractivity contribution is 5.96. The highest BCUT2D eigenvalue weighted by Gasteiger charge is 2.09. The minimum absolute atomic E-state index is 0.138. The average Bonchev–Trinajstić information content (AvgIpc) is 2.52. The molecule has 0 bridgehead atoms. The van der Waals surface area contributed by atoms with Crippen LogP contribution in [-0.2, 0) is 6.54 Å². The third kappa shape index (κ3) is 3.59. The summed E-state index contributed by atoms with van der Waals surface area (Å²) in [6.45, 7) is 2.28. The molecule has 0 aliphatic carbocycles. The van der Waals surface area contributed by atoms with Gasteiger partial charge in [-0.05, 0) is 48.4 Å². The number of hydrogen-bond acceptors (Lipinski definition) is 4. The Morgan fingerprint density at radius 3 is 2.52 bits per heavy atom. The molecule has 2 aromatic carbocycles. The van der Waals surface area contributed by atoms with Gasteiger partial charge in [0, 0.05) is 17.8 Å². The summed E-state index contributed by atoms with van der Waals surface area (Å²) < 4.78 is 0. The smallest absolute Gasteiger partial charge is 0.251 e. The molecule has 1 amide bonds. The van der Waals surface area contributed by atoms with Crippen molar-refractivity contribution in [1.29, 1.82) is 5.26 Å². The van der Waals surface area contributed by atoms with Crippen LogP contribution in [0, 0.1) is 18.3 Å². The van der Waals surface area contributed by atoms with Crippen LogP contribution in [0.2, 0.25) is 0 Å². The maximum Gasteiger partial charge on any atom is 0.251 e. The number of amides is 1. The zero-order valence-corrected chi connectivity index (χ0v) is 11.7. The number of rotatable bonds is 4. The average molecular weight is 280 g/mol. The summed E-state index contributed by atoms with van der Waals surface area (Å²) in [6.07, 6.45) is 0. The lowest BCUT2D eigenvalue weighted by molar-refractivity contribution is 0.0950. The number of nitrogens with one attached hydrogen (secondary N) is 2. The summed E-state index contributed by atoms with van der Waals surface area (Å²) >= 11 is 0. The molecule has 0 saturated heterocycles. The quantitative estimate of drug-likeness (QED) is 0.590. The van der Waals surface area contributed by atoms with Crippen LogP contribution in [0.4, 0.5) is 5.69 Å².